The molecule has 1 aliphatic rings. The molecule has 1 amide bonds. The van der Waals surface area contributed by atoms with Crippen molar-refractivity contribution in [1.29, 1.82) is 0 Å². The Morgan fingerprint density at radius 1 is 1.03 bits per heavy atom. The molecule has 2 aromatic heterocycles. The summed E-state index contributed by atoms with van der Waals surface area (Å²) in [4.78, 5) is 37.7. The summed E-state index contributed by atoms with van der Waals surface area (Å²) in [7, 11) is 0. The van der Waals surface area contributed by atoms with Crippen LogP contribution in [0.1, 0.15) is 25.5 Å². The van der Waals surface area contributed by atoms with Gasteiger partial charge >= 0.3 is 24.3 Å². The zero-order valence-electron chi connectivity index (χ0n) is 18.8. The van der Waals surface area contributed by atoms with E-state index in [-0.39, 0.29) is 11.9 Å². The number of fused-ring (bicyclic) bond motifs is 1. The molecule has 2 aromatic rings. The van der Waals surface area contributed by atoms with E-state index >= 15 is 0 Å². The standard InChI is InChI=1S/C15H20BrN5O.2C2HF3O2/c1-10(17)12-7-13(16)14-8-18-9-21(14)15(12)20-5-3-19(4-6-20)11(2)22;2*3-2(4,5)1(6)7/h7-10H,3-6,17H2,1-2H3;2*(H,6,7). The molecule has 10 nitrogen and oxygen atoms in total. The normalized spacial score (nSPS) is 14.8. The number of piperazine rings is 1. The lowest BCUT2D eigenvalue weighted by Crippen LogP contribution is -2.49. The number of hydrogen-bond donors (Lipinski definition) is 3. The van der Waals surface area contributed by atoms with Gasteiger partial charge in [0.1, 0.15) is 12.1 Å². The fourth-order valence-electron chi connectivity index (χ4n) is 2.96. The molecule has 3 heterocycles. The number of carboxylic acids is 2. The van der Waals surface area contributed by atoms with Crippen LogP contribution >= 0.6 is 15.9 Å². The molecule has 1 fully saturated rings. The summed E-state index contributed by atoms with van der Waals surface area (Å²) in [5.74, 6) is -4.30. The van der Waals surface area contributed by atoms with Gasteiger partial charge in [-0.25, -0.2) is 14.6 Å². The maximum atomic E-state index is 11.5. The Morgan fingerprint density at radius 2 is 1.47 bits per heavy atom. The summed E-state index contributed by atoms with van der Waals surface area (Å²) in [5.41, 5.74) is 8.28. The Kier molecular flexibility index (Phi) is 10.5. The van der Waals surface area contributed by atoms with Gasteiger partial charge in [-0.2, -0.15) is 26.3 Å². The van der Waals surface area contributed by atoms with E-state index in [1.54, 1.807) is 6.92 Å². The lowest BCUT2D eigenvalue weighted by atomic mass is 10.1. The number of carboxylic acid groups (broad SMARTS) is 2. The second-order valence-electron chi connectivity index (χ2n) is 7.31. The predicted octanol–water partition coefficient (Wildman–Crippen LogP) is 3.05. The molecule has 3 rings (SSSR count). The first kappa shape index (κ1) is 31.0. The number of alkyl halides is 6. The van der Waals surface area contributed by atoms with E-state index in [9.17, 15) is 31.1 Å². The summed E-state index contributed by atoms with van der Waals surface area (Å²) in [6.45, 7) is 6.68. The SMILES string of the molecule is CC(=O)N1CCN(c2c(C(C)N)cc(Br)c3cncn23)CC1.O=C(O)C(F)(F)F.O=C(O)C(F)(F)F. The van der Waals surface area contributed by atoms with Crippen molar-refractivity contribution in [1.82, 2.24) is 14.3 Å². The Morgan fingerprint density at radius 3 is 1.83 bits per heavy atom. The molecule has 36 heavy (non-hydrogen) atoms. The Hall–Kier alpha value is -3.08. The molecular weight excluding hydrogens is 572 g/mol. The molecule has 0 spiro atoms. The second kappa shape index (κ2) is 12.2. The maximum Gasteiger partial charge on any atom is 0.490 e. The molecule has 202 valence electrons. The number of pyridine rings is 1. The predicted molar refractivity (Wildman–Crippen MR) is 117 cm³/mol. The minimum absolute atomic E-state index is 0.0797. The number of carbonyl (C=O) groups is 3. The lowest BCUT2D eigenvalue weighted by Gasteiger charge is -2.37. The molecule has 1 atom stereocenters. The summed E-state index contributed by atoms with van der Waals surface area (Å²) in [6.07, 6.45) is -6.51. The van der Waals surface area contributed by atoms with Crippen LogP contribution in [0, 0.1) is 0 Å². The van der Waals surface area contributed by atoms with Crippen molar-refractivity contribution < 1.29 is 50.9 Å². The number of rotatable bonds is 2. The number of nitrogens with two attached hydrogens (primary N) is 1. The zero-order valence-corrected chi connectivity index (χ0v) is 20.4. The van der Waals surface area contributed by atoms with Crippen LogP contribution in [0.2, 0.25) is 0 Å². The lowest BCUT2D eigenvalue weighted by molar-refractivity contribution is -0.193. The van der Waals surface area contributed by atoms with Gasteiger partial charge in [0, 0.05) is 49.2 Å². The van der Waals surface area contributed by atoms with Gasteiger partial charge in [0.15, 0.2) is 0 Å². The van der Waals surface area contributed by atoms with Gasteiger partial charge in [-0.05, 0) is 28.9 Å². The van der Waals surface area contributed by atoms with Crippen molar-refractivity contribution in [2.24, 2.45) is 5.73 Å². The Balaban J connectivity index is 0.000000383. The fourth-order valence-corrected chi connectivity index (χ4v) is 3.50. The van der Waals surface area contributed by atoms with Crippen LogP contribution in [0.15, 0.2) is 23.1 Å². The summed E-state index contributed by atoms with van der Waals surface area (Å²) in [6, 6.07) is 2.00. The van der Waals surface area contributed by atoms with Crippen LogP contribution in [0.5, 0.6) is 0 Å². The minimum Gasteiger partial charge on any atom is -0.475 e. The van der Waals surface area contributed by atoms with Gasteiger partial charge in [-0.15, -0.1) is 0 Å². The van der Waals surface area contributed by atoms with Gasteiger partial charge in [0.2, 0.25) is 5.91 Å². The van der Waals surface area contributed by atoms with Crippen molar-refractivity contribution in [2.45, 2.75) is 32.2 Å². The van der Waals surface area contributed by atoms with Crippen LogP contribution in [0.4, 0.5) is 32.2 Å². The number of halogens is 7. The number of amides is 1. The highest BCUT2D eigenvalue weighted by molar-refractivity contribution is 9.10. The van der Waals surface area contributed by atoms with Crippen LogP contribution in [-0.4, -0.2) is 80.9 Å². The molecule has 17 heteroatoms. The number of imidazole rings is 1. The van der Waals surface area contributed by atoms with Gasteiger partial charge < -0.3 is 25.7 Å². The van der Waals surface area contributed by atoms with Gasteiger partial charge in [-0.3, -0.25) is 9.20 Å². The average Bonchev–Trinajstić information content (AvgIpc) is 3.23. The third-order valence-corrected chi connectivity index (χ3v) is 5.29. The first-order valence-corrected chi connectivity index (χ1v) is 10.7. The van der Waals surface area contributed by atoms with E-state index in [4.69, 9.17) is 25.5 Å². The molecular formula is C19H22BrF6N5O5. The maximum absolute atomic E-state index is 11.5. The number of hydrogen-bond acceptors (Lipinski definition) is 6. The number of aromatic nitrogens is 2. The van der Waals surface area contributed by atoms with E-state index in [0.717, 1.165) is 47.5 Å². The Bertz CT molecular complexity index is 1060. The molecule has 1 saturated heterocycles. The number of aliphatic carboxylic acids is 2. The summed E-state index contributed by atoms with van der Waals surface area (Å²) >= 11 is 3.59. The van der Waals surface area contributed by atoms with Crippen molar-refractivity contribution >= 4 is 45.1 Å². The van der Waals surface area contributed by atoms with Crippen LogP contribution < -0.4 is 10.6 Å². The quantitative estimate of drug-likeness (QED) is 0.451. The second-order valence-corrected chi connectivity index (χ2v) is 8.16. The third kappa shape index (κ3) is 8.54. The van der Waals surface area contributed by atoms with Crippen molar-refractivity contribution in [2.75, 3.05) is 31.1 Å². The number of nitrogens with zero attached hydrogens (tertiary/aromatic N) is 4. The molecule has 0 radical (unpaired) electrons. The largest absolute Gasteiger partial charge is 0.490 e. The van der Waals surface area contributed by atoms with Crippen molar-refractivity contribution in [3.05, 3.63) is 28.6 Å². The summed E-state index contributed by atoms with van der Waals surface area (Å²) < 4.78 is 66.5. The van der Waals surface area contributed by atoms with Gasteiger partial charge in [0.05, 0.1) is 11.7 Å². The minimum atomic E-state index is -5.08. The van der Waals surface area contributed by atoms with Gasteiger partial charge in [-0.1, -0.05) is 0 Å². The molecule has 0 bridgehead atoms. The Labute approximate surface area is 208 Å². The highest BCUT2D eigenvalue weighted by atomic mass is 79.9. The zero-order chi connectivity index (χ0) is 28.0. The average molecular weight is 594 g/mol. The highest BCUT2D eigenvalue weighted by Gasteiger charge is 2.38. The first-order valence-electron chi connectivity index (χ1n) is 9.88. The smallest absolute Gasteiger partial charge is 0.475 e. The van der Waals surface area contributed by atoms with Gasteiger partial charge in [0.25, 0.3) is 0 Å². The van der Waals surface area contributed by atoms with Crippen LogP contribution in [0.25, 0.3) is 5.52 Å². The number of carbonyl (C=O) groups excluding carboxylic acids is 1. The molecule has 1 unspecified atom stereocenters. The number of anilines is 1. The van der Waals surface area contributed by atoms with E-state index in [2.05, 4.69) is 36.3 Å². The van der Waals surface area contributed by atoms with Crippen molar-refractivity contribution in [3.8, 4) is 0 Å². The molecule has 0 saturated carbocycles. The highest BCUT2D eigenvalue weighted by Crippen LogP contribution is 2.32. The van der Waals surface area contributed by atoms with E-state index in [0.29, 0.717) is 0 Å². The van der Waals surface area contributed by atoms with Crippen LogP contribution in [-0.2, 0) is 14.4 Å². The third-order valence-electron chi connectivity index (χ3n) is 4.65. The van der Waals surface area contributed by atoms with E-state index in [1.807, 2.05) is 24.3 Å². The molecule has 0 aliphatic carbocycles. The van der Waals surface area contributed by atoms with Crippen molar-refractivity contribution in [3.63, 3.8) is 0 Å². The van der Waals surface area contributed by atoms with Crippen LogP contribution in [0.3, 0.4) is 0 Å². The fraction of sp³-hybridized carbons (Fsp3) is 0.474. The topological polar surface area (TPSA) is 141 Å². The molecule has 1 aliphatic heterocycles. The first-order chi connectivity index (χ1) is 16.4. The summed E-state index contributed by atoms with van der Waals surface area (Å²) in [5, 5.41) is 14.2. The van der Waals surface area contributed by atoms with E-state index in [1.165, 1.54) is 0 Å². The monoisotopic (exact) mass is 593 g/mol. The van der Waals surface area contributed by atoms with E-state index < -0.39 is 24.3 Å². The molecule has 0 aromatic carbocycles. The molecule has 4 N–H and O–H groups in total.